The molecule has 2 spiro atoms. The van der Waals surface area contributed by atoms with Gasteiger partial charge in [0.15, 0.2) is 5.78 Å². The average molecular weight is 365 g/mol. The molecule has 0 amide bonds. The first-order chi connectivity index (χ1) is 11.7. The molecule has 2 aromatic rings. The number of thiocarbonyl (C=S) groups is 1. The number of rotatable bonds is 0. The van der Waals surface area contributed by atoms with Crippen molar-refractivity contribution in [3.05, 3.63) is 70.8 Å². The van der Waals surface area contributed by atoms with Gasteiger partial charge < -0.3 is 0 Å². The molecule has 2 aliphatic carbocycles. The van der Waals surface area contributed by atoms with Crippen LogP contribution in [0.3, 0.4) is 0 Å². The van der Waals surface area contributed by atoms with Crippen LogP contribution in [0.2, 0.25) is 0 Å². The number of hydrogen-bond donors (Lipinski definition) is 0. The van der Waals surface area contributed by atoms with Crippen molar-refractivity contribution in [2.24, 2.45) is 10.8 Å². The third-order valence-corrected chi connectivity index (χ3v) is 10.3. The highest BCUT2D eigenvalue weighted by Gasteiger charge is 2.89. The van der Waals surface area contributed by atoms with Gasteiger partial charge in [-0.15, -0.1) is 11.8 Å². The Hall–Kier alpha value is -1.45. The molecule has 3 aliphatic rings. The van der Waals surface area contributed by atoms with E-state index in [0.29, 0.717) is 0 Å². The molecule has 1 heterocycles. The van der Waals surface area contributed by atoms with E-state index in [1.165, 1.54) is 11.1 Å². The van der Waals surface area contributed by atoms with Crippen LogP contribution < -0.4 is 0 Å². The third-order valence-electron chi connectivity index (χ3n) is 6.76. The number of ketones is 1. The first-order valence-electron chi connectivity index (χ1n) is 8.72. The number of benzene rings is 2. The van der Waals surface area contributed by atoms with Crippen LogP contribution in [-0.4, -0.2) is 15.4 Å². The van der Waals surface area contributed by atoms with Crippen LogP contribution in [0.25, 0.3) is 0 Å². The van der Waals surface area contributed by atoms with Crippen molar-refractivity contribution < 1.29 is 4.79 Å². The molecule has 2 fully saturated rings. The minimum atomic E-state index is -0.177. The Morgan fingerprint density at radius 1 is 0.800 bits per heavy atom. The molecule has 0 aromatic heterocycles. The highest BCUT2D eigenvalue weighted by Crippen LogP contribution is 2.90. The van der Waals surface area contributed by atoms with Crippen molar-refractivity contribution in [1.82, 2.24) is 0 Å². The lowest BCUT2D eigenvalue weighted by molar-refractivity contribution is 0.102. The molecule has 0 radical (unpaired) electrons. The molecule has 0 atom stereocenters. The summed E-state index contributed by atoms with van der Waals surface area (Å²) < 4.78 is -0.180. The fraction of sp³-hybridized carbons (Fsp3) is 0.364. The van der Waals surface area contributed by atoms with E-state index in [2.05, 4.69) is 52.0 Å². The molecule has 1 aliphatic heterocycles. The molecule has 0 unspecified atom stereocenters. The molecule has 2 aromatic carbocycles. The predicted molar refractivity (Wildman–Crippen MR) is 108 cm³/mol. The summed E-state index contributed by atoms with van der Waals surface area (Å²) in [6.45, 7) is 9.13. The van der Waals surface area contributed by atoms with Gasteiger partial charge in [-0.3, -0.25) is 4.79 Å². The van der Waals surface area contributed by atoms with Crippen molar-refractivity contribution in [2.45, 2.75) is 37.2 Å². The zero-order valence-corrected chi connectivity index (χ0v) is 16.5. The Balaban J connectivity index is 1.87. The fourth-order valence-corrected chi connectivity index (χ4v) is 8.78. The number of hydrogen-bond acceptors (Lipinski definition) is 3. The van der Waals surface area contributed by atoms with Gasteiger partial charge in [-0.1, -0.05) is 88.4 Å². The number of carbonyl (C=O) groups excluding carboxylic acids is 1. The van der Waals surface area contributed by atoms with E-state index in [0.717, 1.165) is 16.0 Å². The summed E-state index contributed by atoms with van der Waals surface area (Å²) in [5, 5.41) is 0. The minimum Gasteiger partial charge on any atom is -0.289 e. The van der Waals surface area contributed by atoms with E-state index in [1.54, 1.807) is 0 Å². The topological polar surface area (TPSA) is 17.1 Å². The summed E-state index contributed by atoms with van der Waals surface area (Å²) in [5.74, 6) is 0.150. The van der Waals surface area contributed by atoms with E-state index >= 15 is 0 Å². The van der Waals surface area contributed by atoms with Gasteiger partial charge in [0.1, 0.15) is 0 Å². The van der Waals surface area contributed by atoms with Gasteiger partial charge in [-0.25, -0.2) is 0 Å². The Morgan fingerprint density at radius 2 is 1.24 bits per heavy atom. The molecule has 126 valence electrons. The molecule has 1 nitrogen and oxygen atoms in total. The average Bonchev–Trinajstić information content (AvgIpc) is 3.34. The Bertz CT molecular complexity index is 916. The van der Waals surface area contributed by atoms with Gasteiger partial charge in [-0.05, 0) is 11.1 Å². The lowest BCUT2D eigenvalue weighted by Gasteiger charge is -2.61. The molecule has 1 saturated carbocycles. The zero-order chi connectivity index (χ0) is 17.8. The van der Waals surface area contributed by atoms with E-state index < -0.39 is 0 Å². The summed E-state index contributed by atoms with van der Waals surface area (Å²) in [4.78, 5) is 14.2. The van der Waals surface area contributed by atoms with Crippen LogP contribution in [0.1, 0.15) is 54.7 Å². The molecule has 5 rings (SSSR count). The summed E-state index contributed by atoms with van der Waals surface area (Å²) in [7, 11) is 0. The minimum absolute atomic E-state index is 0.00299. The molecular formula is C22H20OS2. The van der Waals surface area contributed by atoms with Crippen molar-refractivity contribution in [3.63, 3.8) is 0 Å². The summed E-state index contributed by atoms with van der Waals surface area (Å²) in [5.41, 5.74) is 3.97. The van der Waals surface area contributed by atoms with Gasteiger partial charge in [0.05, 0.1) is 9.49 Å². The van der Waals surface area contributed by atoms with Gasteiger partial charge >= 0.3 is 0 Å². The van der Waals surface area contributed by atoms with Crippen LogP contribution in [0.5, 0.6) is 0 Å². The van der Waals surface area contributed by atoms with Crippen LogP contribution in [-0.2, 0) is 4.75 Å². The molecule has 25 heavy (non-hydrogen) atoms. The predicted octanol–water partition coefficient (Wildman–Crippen LogP) is 5.40. The maximum absolute atomic E-state index is 13.1. The van der Waals surface area contributed by atoms with Crippen molar-refractivity contribution in [2.75, 3.05) is 0 Å². The van der Waals surface area contributed by atoms with Gasteiger partial charge in [0.25, 0.3) is 0 Å². The first-order valence-corrected chi connectivity index (χ1v) is 9.95. The Labute approximate surface area is 158 Å². The number of fused-ring (bicyclic) bond motifs is 5. The third kappa shape index (κ3) is 1.36. The van der Waals surface area contributed by atoms with Crippen molar-refractivity contribution >= 4 is 34.6 Å². The first kappa shape index (κ1) is 15.8. The van der Waals surface area contributed by atoms with Crippen LogP contribution in [0, 0.1) is 10.8 Å². The maximum Gasteiger partial charge on any atom is 0.193 e. The van der Waals surface area contributed by atoms with Gasteiger partial charge in [0, 0.05) is 26.8 Å². The van der Waals surface area contributed by atoms with Crippen molar-refractivity contribution in [1.29, 1.82) is 0 Å². The quantitative estimate of drug-likeness (QED) is 0.460. The second-order valence-corrected chi connectivity index (χ2v) is 10.3. The second kappa shape index (κ2) is 4.27. The number of carbonyl (C=O) groups is 1. The fourth-order valence-electron chi connectivity index (χ4n) is 5.91. The summed E-state index contributed by atoms with van der Waals surface area (Å²) in [6, 6.07) is 16.3. The van der Waals surface area contributed by atoms with E-state index in [-0.39, 0.29) is 26.1 Å². The number of thioether (sulfide) groups is 1. The SMILES string of the molecule is CC1(C)C(=S)C(C)(C)C12SC21c2ccccc2C(=O)c2ccccc21. The van der Waals surface area contributed by atoms with E-state index in [9.17, 15) is 4.79 Å². The largest absolute Gasteiger partial charge is 0.289 e. The molecule has 0 N–H and O–H groups in total. The lowest BCUT2D eigenvalue weighted by Crippen LogP contribution is -2.69. The summed E-state index contributed by atoms with van der Waals surface area (Å²) >= 11 is 7.85. The molecular weight excluding hydrogens is 344 g/mol. The molecule has 0 bridgehead atoms. The highest BCUT2D eigenvalue weighted by molar-refractivity contribution is 8.10. The monoisotopic (exact) mass is 364 g/mol. The second-order valence-electron chi connectivity index (χ2n) is 8.46. The Morgan fingerprint density at radius 3 is 1.72 bits per heavy atom. The van der Waals surface area contributed by atoms with Crippen LogP contribution in [0.4, 0.5) is 0 Å². The standard InChI is InChI=1S/C22H20OS2/c1-19(2)18(24)20(3,4)22(19)21(25-22)15-11-7-5-9-13(15)17(23)14-10-6-8-12-16(14)21/h5-12H,1-4H3. The maximum atomic E-state index is 13.1. The highest BCUT2D eigenvalue weighted by atomic mass is 32.2. The van der Waals surface area contributed by atoms with E-state index in [4.69, 9.17) is 12.2 Å². The van der Waals surface area contributed by atoms with Crippen molar-refractivity contribution in [3.8, 4) is 0 Å². The van der Waals surface area contributed by atoms with Crippen LogP contribution >= 0.6 is 24.0 Å². The van der Waals surface area contributed by atoms with Gasteiger partial charge in [-0.2, -0.15) is 0 Å². The van der Waals surface area contributed by atoms with Gasteiger partial charge in [0.2, 0.25) is 0 Å². The smallest absolute Gasteiger partial charge is 0.193 e. The lowest BCUT2D eigenvalue weighted by atomic mass is 9.42. The normalized spacial score (nSPS) is 25.3. The molecule has 1 saturated heterocycles. The summed E-state index contributed by atoms with van der Waals surface area (Å²) in [6.07, 6.45) is 0. The van der Waals surface area contributed by atoms with E-state index in [1.807, 2.05) is 36.0 Å². The van der Waals surface area contributed by atoms with Crippen LogP contribution in [0.15, 0.2) is 48.5 Å². The zero-order valence-electron chi connectivity index (χ0n) is 14.8. The Kier molecular flexibility index (Phi) is 2.69. The molecule has 3 heteroatoms.